The first-order valence-corrected chi connectivity index (χ1v) is 8.22. The molecule has 2 rings (SSSR count). The molecule has 0 aromatic heterocycles. The van der Waals surface area contributed by atoms with E-state index in [0.717, 1.165) is 19.3 Å². The van der Waals surface area contributed by atoms with Gasteiger partial charge in [-0.2, -0.15) is 5.26 Å². The summed E-state index contributed by atoms with van der Waals surface area (Å²) in [6.07, 6.45) is 3.50. The van der Waals surface area contributed by atoms with Gasteiger partial charge in [0.05, 0.1) is 22.6 Å². The molecule has 0 aliphatic heterocycles. The molecular weight excluding hydrogens is 276 g/mol. The molecule has 0 amide bonds. The van der Waals surface area contributed by atoms with Gasteiger partial charge in [0, 0.05) is 6.04 Å². The van der Waals surface area contributed by atoms with E-state index in [-0.39, 0.29) is 4.90 Å². The van der Waals surface area contributed by atoms with Crippen LogP contribution in [-0.2, 0) is 10.0 Å². The van der Waals surface area contributed by atoms with Gasteiger partial charge >= 0.3 is 0 Å². The number of nitrogens with zero attached hydrogens (tertiary/aromatic N) is 1. The molecule has 1 aliphatic carbocycles. The van der Waals surface area contributed by atoms with Crippen LogP contribution in [0, 0.1) is 11.3 Å². The Morgan fingerprint density at radius 1 is 1.15 bits per heavy atom. The van der Waals surface area contributed by atoms with E-state index in [0.29, 0.717) is 18.4 Å². The summed E-state index contributed by atoms with van der Waals surface area (Å²) in [5, 5.41) is 18.7. The highest BCUT2D eigenvalue weighted by Gasteiger charge is 2.26. The Morgan fingerprint density at radius 3 is 2.45 bits per heavy atom. The van der Waals surface area contributed by atoms with Crippen LogP contribution in [0.3, 0.4) is 0 Å². The third-order valence-electron chi connectivity index (χ3n) is 3.58. The van der Waals surface area contributed by atoms with Gasteiger partial charge in [-0.15, -0.1) is 0 Å². The van der Waals surface area contributed by atoms with E-state index in [1.165, 1.54) is 24.3 Å². The second kappa shape index (κ2) is 6.35. The Kier molecular flexibility index (Phi) is 4.76. The summed E-state index contributed by atoms with van der Waals surface area (Å²) in [6, 6.07) is 7.27. The zero-order valence-electron chi connectivity index (χ0n) is 11.1. The third kappa shape index (κ3) is 3.57. The fourth-order valence-corrected chi connectivity index (χ4v) is 3.71. The molecule has 0 bridgehead atoms. The number of aliphatic hydroxyl groups is 1. The summed E-state index contributed by atoms with van der Waals surface area (Å²) in [6.45, 7) is 0. The summed E-state index contributed by atoms with van der Waals surface area (Å²) in [7, 11) is -3.65. The topological polar surface area (TPSA) is 90.2 Å². The molecule has 2 unspecified atom stereocenters. The molecule has 5 nitrogen and oxygen atoms in total. The van der Waals surface area contributed by atoms with Gasteiger partial charge in [0.1, 0.15) is 0 Å². The van der Waals surface area contributed by atoms with Crippen LogP contribution in [0.25, 0.3) is 0 Å². The van der Waals surface area contributed by atoms with Crippen LogP contribution in [0.5, 0.6) is 0 Å². The lowest BCUT2D eigenvalue weighted by molar-refractivity contribution is 0.130. The fraction of sp³-hybridized carbons (Fsp3) is 0.500. The van der Waals surface area contributed by atoms with E-state index in [1.54, 1.807) is 0 Å². The molecule has 1 aromatic carbocycles. The SMILES string of the molecule is N#Cc1ccc(S(=O)(=O)NC2CCCCCC2O)cc1. The molecule has 1 fully saturated rings. The largest absolute Gasteiger partial charge is 0.391 e. The smallest absolute Gasteiger partial charge is 0.240 e. The predicted molar refractivity (Wildman–Crippen MR) is 74.4 cm³/mol. The van der Waals surface area contributed by atoms with Crippen molar-refractivity contribution >= 4 is 10.0 Å². The van der Waals surface area contributed by atoms with Gasteiger partial charge in [0.15, 0.2) is 0 Å². The summed E-state index contributed by atoms with van der Waals surface area (Å²) in [5.41, 5.74) is 0.415. The average molecular weight is 294 g/mol. The summed E-state index contributed by atoms with van der Waals surface area (Å²) in [5.74, 6) is 0. The van der Waals surface area contributed by atoms with Gasteiger partial charge in [0.25, 0.3) is 0 Å². The number of hydrogen-bond donors (Lipinski definition) is 2. The van der Waals surface area contributed by atoms with Crippen molar-refractivity contribution in [1.82, 2.24) is 4.72 Å². The Balaban J connectivity index is 2.15. The maximum Gasteiger partial charge on any atom is 0.240 e. The van der Waals surface area contributed by atoms with Crippen molar-refractivity contribution < 1.29 is 13.5 Å². The minimum Gasteiger partial charge on any atom is -0.391 e. The molecule has 1 aliphatic rings. The molecule has 6 heteroatoms. The number of sulfonamides is 1. The molecule has 2 N–H and O–H groups in total. The Hall–Kier alpha value is -1.42. The summed E-state index contributed by atoms with van der Waals surface area (Å²) < 4.78 is 27.1. The molecule has 0 spiro atoms. The standard InChI is InChI=1S/C14H18N2O3S/c15-10-11-6-8-12(9-7-11)20(18,19)16-13-4-2-1-3-5-14(13)17/h6-9,13-14,16-17H,1-5H2. The van der Waals surface area contributed by atoms with E-state index >= 15 is 0 Å². The normalized spacial score (nSPS) is 23.8. The van der Waals surface area contributed by atoms with Crippen molar-refractivity contribution in [2.45, 2.75) is 49.1 Å². The monoisotopic (exact) mass is 294 g/mol. The first kappa shape index (κ1) is 15.0. The lowest BCUT2D eigenvalue weighted by Crippen LogP contribution is -2.42. The van der Waals surface area contributed by atoms with Crippen LogP contribution in [0.2, 0.25) is 0 Å². The number of rotatable bonds is 3. The van der Waals surface area contributed by atoms with E-state index in [4.69, 9.17) is 5.26 Å². The highest BCUT2D eigenvalue weighted by molar-refractivity contribution is 7.89. The van der Waals surface area contributed by atoms with Crippen LogP contribution in [0.1, 0.15) is 37.7 Å². The molecule has 0 saturated heterocycles. The zero-order chi connectivity index (χ0) is 14.6. The van der Waals surface area contributed by atoms with Crippen molar-refractivity contribution in [3.63, 3.8) is 0 Å². The van der Waals surface area contributed by atoms with Crippen LogP contribution >= 0.6 is 0 Å². The number of aliphatic hydroxyl groups excluding tert-OH is 1. The molecule has 20 heavy (non-hydrogen) atoms. The van der Waals surface area contributed by atoms with Gasteiger partial charge in [-0.1, -0.05) is 19.3 Å². The van der Waals surface area contributed by atoms with E-state index < -0.39 is 22.2 Å². The maximum atomic E-state index is 12.3. The number of benzene rings is 1. The molecule has 1 saturated carbocycles. The van der Waals surface area contributed by atoms with Gasteiger partial charge < -0.3 is 5.11 Å². The fourth-order valence-electron chi connectivity index (χ4n) is 2.40. The van der Waals surface area contributed by atoms with E-state index in [1.807, 2.05) is 6.07 Å². The first-order valence-electron chi connectivity index (χ1n) is 6.73. The predicted octanol–water partition coefficient (Wildman–Crippen LogP) is 1.53. The summed E-state index contributed by atoms with van der Waals surface area (Å²) >= 11 is 0. The van der Waals surface area contributed by atoms with Gasteiger partial charge in [-0.25, -0.2) is 13.1 Å². The second-order valence-electron chi connectivity index (χ2n) is 5.07. The minimum absolute atomic E-state index is 0.118. The first-order chi connectivity index (χ1) is 9.53. The Morgan fingerprint density at radius 2 is 1.80 bits per heavy atom. The van der Waals surface area contributed by atoms with E-state index in [9.17, 15) is 13.5 Å². The number of nitrogens with one attached hydrogen (secondary N) is 1. The van der Waals surface area contributed by atoms with Gasteiger partial charge in [-0.05, 0) is 37.1 Å². The van der Waals surface area contributed by atoms with Crippen molar-refractivity contribution in [2.24, 2.45) is 0 Å². The van der Waals surface area contributed by atoms with Crippen LogP contribution < -0.4 is 4.72 Å². The second-order valence-corrected chi connectivity index (χ2v) is 6.78. The quantitative estimate of drug-likeness (QED) is 0.827. The van der Waals surface area contributed by atoms with Crippen LogP contribution in [0.4, 0.5) is 0 Å². The molecule has 108 valence electrons. The highest BCUT2D eigenvalue weighted by atomic mass is 32.2. The Labute approximate surface area is 119 Å². The van der Waals surface area contributed by atoms with Crippen molar-refractivity contribution in [3.8, 4) is 6.07 Å². The lowest BCUT2D eigenvalue weighted by atomic mass is 10.1. The third-order valence-corrected chi connectivity index (χ3v) is 5.09. The molecule has 0 radical (unpaired) electrons. The molecular formula is C14H18N2O3S. The van der Waals surface area contributed by atoms with Crippen molar-refractivity contribution in [1.29, 1.82) is 5.26 Å². The number of hydrogen-bond acceptors (Lipinski definition) is 4. The Bertz CT molecular complexity index is 590. The van der Waals surface area contributed by atoms with Crippen LogP contribution in [-0.4, -0.2) is 25.7 Å². The molecule has 0 heterocycles. The van der Waals surface area contributed by atoms with Crippen LogP contribution in [0.15, 0.2) is 29.2 Å². The van der Waals surface area contributed by atoms with Gasteiger partial charge in [-0.3, -0.25) is 0 Å². The van der Waals surface area contributed by atoms with Crippen molar-refractivity contribution in [2.75, 3.05) is 0 Å². The minimum atomic E-state index is -3.65. The molecule has 2 atom stereocenters. The van der Waals surface area contributed by atoms with Gasteiger partial charge in [0.2, 0.25) is 10.0 Å². The lowest BCUT2D eigenvalue weighted by Gasteiger charge is -2.21. The highest BCUT2D eigenvalue weighted by Crippen LogP contribution is 2.20. The number of nitriles is 1. The average Bonchev–Trinajstić information content (AvgIpc) is 2.64. The van der Waals surface area contributed by atoms with E-state index in [2.05, 4.69) is 4.72 Å². The maximum absolute atomic E-state index is 12.3. The summed E-state index contributed by atoms with van der Waals surface area (Å²) in [4.78, 5) is 0.118. The zero-order valence-corrected chi connectivity index (χ0v) is 11.9. The van der Waals surface area contributed by atoms with Crippen molar-refractivity contribution in [3.05, 3.63) is 29.8 Å². The molecule has 1 aromatic rings.